The summed E-state index contributed by atoms with van der Waals surface area (Å²) in [7, 11) is 0. The molecule has 3 aromatic rings. The minimum absolute atomic E-state index is 0.00774. The molecule has 0 amide bonds. The number of hydrogen-bond donors (Lipinski definition) is 1. The van der Waals surface area contributed by atoms with Gasteiger partial charge in [-0.3, -0.25) is 0 Å². The second kappa shape index (κ2) is 7.70. The Morgan fingerprint density at radius 1 is 1.16 bits per heavy atom. The predicted octanol–water partition coefficient (Wildman–Crippen LogP) is 4.48. The number of rotatable bonds is 7. The second-order valence-corrected chi connectivity index (χ2v) is 6.21. The lowest BCUT2D eigenvalue weighted by atomic mass is 9.91. The molecule has 3 nitrogen and oxygen atoms in total. The highest BCUT2D eigenvalue weighted by atomic mass is 19.1. The van der Waals surface area contributed by atoms with Gasteiger partial charge in [0.15, 0.2) is 0 Å². The first-order chi connectivity index (χ1) is 12.2. The van der Waals surface area contributed by atoms with Crippen molar-refractivity contribution in [3.63, 3.8) is 0 Å². The van der Waals surface area contributed by atoms with Crippen molar-refractivity contribution in [2.75, 3.05) is 13.2 Å². The third kappa shape index (κ3) is 3.54. The fraction of sp³-hybridized carbons (Fsp3) is 0.333. The Labute approximate surface area is 148 Å². The van der Waals surface area contributed by atoms with Crippen molar-refractivity contribution >= 4 is 10.9 Å². The summed E-state index contributed by atoms with van der Waals surface area (Å²) < 4.78 is 21.8. The van der Waals surface area contributed by atoms with Gasteiger partial charge in [-0.15, -0.1) is 0 Å². The molecule has 1 atom stereocenters. The number of nitrogens with two attached hydrogens (primary N) is 1. The maximum Gasteiger partial charge on any atom is 0.123 e. The normalized spacial score (nSPS) is 12.5. The Morgan fingerprint density at radius 3 is 2.68 bits per heavy atom. The predicted molar refractivity (Wildman–Crippen MR) is 101 cm³/mol. The van der Waals surface area contributed by atoms with Crippen LogP contribution in [0.1, 0.15) is 30.9 Å². The Hall–Kier alpha value is -2.33. The molecular formula is C21H25FN2O. The molecule has 1 unspecified atom stereocenters. The SMILES string of the molecule is CCOc1ccc(F)cc1C(CN)Cc1cn(CC)c2ccccc12. The molecule has 0 radical (unpaired) electrons. The average Bonchev–Trinajstić information content (AvgIpc) is 2.99. The van der Waals surface area contributed by atoms with Gasteiger partial charge in [0.1, 0.15) is 11.6 Å². The molecule has 1 aromatic heterocycles. The molecule has 0 fully saturated rings. The molecule has 0 saturated heterocycles. The highest BCUT2D eigenvalue weighted by molar-refractivity contribution is 5.84. The summed E-state index contributed by atoms with van der Waals surface area (Å²) in [5.74, 6) is 0.472. The van der Waals surface area contributed by atoms with Gasteiger partial charge in [0, 0.05) is 35.1 Å². The number of aryl methyl sites for hydroxylation is 1. The topological polar surface area (TPSA) is 40.2 Å². The Morgan fingerprint density at radius 2 is 1.96 bits per heavy atom. The molecule has 1 heterocycles. The van der Waals surface area contributed by atoms with Crippen LogP contribution in [0.3, 0.4) is 0 Å². The van der Waals surface area contributed by atoms with Crippen LogP contribution in [-0.4, -0.2) is 17.7 Å². The van der Waals surface area contributed by atoms with Gasteiger partial charge in [0.25, 0.3) is 0 Å². The number of ether oxygens (including phenoxy) is 1. The van der Waals surface area contributed by atoms with Gasteiger partial charge in [-0.05, 0) is 56.6 Å². The molecule has 2 aromatic carbocycles. The van der Waals surface area contributed by atoms with E-state index in [1.165, 1.54) is 22.5 Å². The molecule has 0 aliphatic rings. The van der Waals surface area contributed by atoms with Gasteiger partial charge in [0.05, 0.1) is 6.61 Å². The molecule has 4 heteroatoms. The molecular weight excluding hydrogens is 315 g/mol. The lowest BCUT2D eigenvalue weighted by Crippen LogP contribution is -2.16. The third-order valence-corrected chi connectivity index (χ3v) is 4.67. The molecule has 0 saturated carbocycles. The minimum Gasteiger partial charge on any atom is -0.494 e. The van der Waals surface area contributed by atoms with E-state index in [0.29, 0.717) is 13.2 Å². The van der Waals surface area contributed by atoms with E-state index in [2.05, 4.69) is 42.0 Å². The van der Waals surface area contributed by atoms with Crippen molar-refractivity contribution < 1.29 is 9.13 Å². The minimum atomic E-state index is -0.257. The molecule has 0 spiro atoms. The Bertz CT molecular complexity index is 856. The van der Waals surface area contributed by atoms with E-state index >= 15 is 0 Å². The number of aromatic nitrogens is 1. The number of benzene rings is 2. The van der Waals surface area contributed by atoms with E-state index in [-0.39, 0.29) is 11.7 Å². The number of nitrogens with zero attached hydrogens (tertiary/aromatic N) is 1. The van der Waals surface area contributed by atoms with Gasteiger partial charge in [-0.2, -0.15) is 0 Å². The van der Waals surface area contributed by atoms with Crippen molar-refractivity contribution in [1.82, 2.24) is 4.57 Å². The highest BCUT2D eigenvalue weighted by Gasteiger charge is 2.19. The molecule has 0 aliphatic heterocycles. The molecule has 25 heavy (non-hydrogen) atoms. The molecule has 132 valence electrons. The summed E-state index contributed by atoms with van der Waals surface area (Å²) in [5.41, 5.74) is 9.37. The number of halogens is 1. The zero-order valence-electron chi connectivity index (χ0n) is 14.8. The molecule has 2 N–H and O–H groups in total. The summed E-state index contributed by atoms with van der Waals surface area (Å²) >= 11 is 0. The number of para-hydroxylation sites is 1. The van der Waals surface area contributed by atoms with Gasteiger partial charge >= 0.3 is 0 Å². The van der Waals surface area contributed by atoms with Crippen molar-refractivity contribution in [2.45, 2.75) is 32.7 Å². The summed E-state index contributed by atoms with van der Waals surface area (Å²) in [5, 5.41) is 1.23. The van der Waals surface area contributed by atoms with E-state index in [9.17, 15) is 4.39 Å². The summed E-state index contributed by atoms with van der Waals surface area (Å²) in [6.07, 6.45) is 2.94. The van der Waals surface area contributed by atoms with E-state index < -0.39 is 0 Å². The van der Waals surface area contributed by atoms with Crippen LogP contribution in [-0.2, 0) is 13.0 Å². The summed E-state index contributed by atoms with van der Waals surface area (Å²) in [4.78, 5) is 0. The van der Waals surface area contributed by atoms with E-state index in [1.54, 1.807) is 12.1 Å². The molecule has 0 bridgehead atoms. The van der Waals surface area contributed by atoms with Gasteiger partial charge in [-0.1, -0.05) is 18.2 Å². The van der Waals surface area contributed by atoms with Crippen LogP contribution >= 0.6 is 0 Å². The van der Waals surface area contributed by atoms with Gasteiger partial charge in [-0.25, -0.2) is 4.39 Å². The van der Waals surface area contributed by atoms with Crippen molar-refractivity contribution in [3.05, 3.63) is 65.6 Å². The summed E-state index contributed by atoms with van der Waals surface area (Å²) in [6.45, 7) is 5.97. The van der Waals surface area contributed by atoms with E-state index in [1.807, 2.05) is 6.92 Å². The van der Waals surface area contributed by atoms with E-state index in [4.69, 9.17) is 10.5 Å². The van der Waals surface area contributed by atoms with Crippen molar-refractivity contribution in [2.24, 2.45) is 5.73 Å². The Kier molecular flexibility index (Phi) is 5.39. The monoisotopic (exact) mass is 340 g/mol. The average molecular weight is 340 g/mol. The van der Waals surface area contributed by atoms with Crippen molar-refractivity contribution in [3.8, 4) is 5.75 Å². The number of fused-ring (bicyclic) bond motifs is 1. The number of hydrogen-bond acceptors (Lipinski definition) is 2. The summed E-state index contributed by atoms with van der Waals surface area (Å²) in [6, 6.07) is 13.1. The van der Waals surface area contributed by atoms with Crippen LogP contribution < -0.4 is 10.5 Å². The maximum atomic E-state index is 13.8. The smallest absolute Gasteiger partial charge is 0.123 e. The van der Waals surface area contributed by atoms with Crippen LogP contribution in [0.25, 0.3) is 10.9 Å². The van der Waals surface area contributed by atoms with Gasteiger partial charge < -0.3 is 15.0 Å². The lowest BCUT2D eigenvalue weighted by molar-refractivity contribution is 0.333. The van der Waals surface area contributed by atoms with Crippen molar-refractivity contribution in [1.29, 1.82) is 0 Å². The lowest BCUT2D eigenvalue weighted by Gasteiger charge is -2.19. The quantitative estimate of drug-likeness (QED) is 0.689. The fourth-order valence-corrected chi connectivity index (χ4v) is 3.46. The van der Waals surface area contributed by atoms with Crippen LogP contribution in [0.2, 0.25) is 0 Å². The first-order valence-electron chi connectivity index (χ1n) is 8.87. The molecule has 3 rings (SSSR count). The molecule has 0 aliphatic carbocycles. The fourth-order valence-electron chi connectivity index (χ4n) is 3.46. The first kappa shape index (κ1) is 17.5. The van der Waals surface area contributed by atoms with Crippen LogP contribution in [0.5, 0.6) is 5.75 Å². The van der Waals surface area contributed by atoms with Crippen LogP contribution in [0.4, 0.5) is 4.39 Å². The largest absolute Gasteiger partial charge is 0.494 e. The third-order valence-electron chi connectivity index (χ3n) is 4.67. The van der Waals surface area contributed by atoms with Crippen LogP contribution in [0, 0.1) is 5.82 Å². The standard InChI is InChI=1S/C21H25FN2O/c1-3-24-14-16(18-7-5-6-8-20(18)24)11-15(13-23)19-12-17(22)9-10-21(19)25-4-2/h5-10,12,14-15H,3-4,11,13,23H2,1-2H3. The zero-order chi connectivity index (χ0) is 17.8. The maximum absolute atomic E-state index is 13.8. The zero-order valence-corrected chi connectivity index (χ0v) is 14.8. The Balaban J connectivity index is 2.00. The second-order valence-electron chi connectivity index (χ2n) is 6.21. The van der Waals surface area contributed by atoms with Crippen LogP contribution in [0.15, 0.2) is 48.7 Å². The van der Waals surface area contributed by atoms with E-state index in [0.717, 1.165) is 24.3 Å². The van der Waals surface area contributed by atoms with Gasteiger partial charge in [0.2, 0.25) is 0 Å². The first-order valence-corrected chi connectivity index (χ1v) is 8.87. The highest BCUT2D eigenvalue weighted by Crippen LogP contribution is 2.32.